The van der Waals surface area contributed by atoms with Gasteiger partial charge in [0.2, 0.25) is 5.91 Å². The Kier molecular flexibility index (Phi) is 53.5. The summed E-state index contributed by atoms with van der Waals surface area (Å²) in [5.74, 6) is -0.563. The van der Waals surface area contributed by atoms with E-state index in [2.05, 4.69) is 99.0 Å². The van der Waals surface area contributed by atoms with Crippen LogP contribution in [-0.2, 0) is 27.9 Å². The van der Waals surface area contributed by atoms with Gasteiger partial charge in [-0.3, -0.25) is 14.2 Å². The van der Waals surface area contributed by atoms with E-state index < -0.39 is 26.6 Å². The van der Waals surface area contributed by atoms with Crippen LogP contribution in [0.3, 0.4) is 0 Å². The summed E-state index contributed by atoms with van der Waals surface area (Å²) in [6, 6.07) is -0.901. The fourth-order valence-corrected chi connectivity index (χ4v) is 9.44. The number of ether oxygens (including phenoxy) is 1. The second kappa shape index (κ2) is 55.5. The molecule has 0 bridgehead atoms. The Hall–Kier alpha value is -2.81. The topological polar surface area (TPSA) is 114 Å². The summed E-state index contributed by atoms with van der Waals surface area (Å²) in [6.07, 6.45) is 72.6. The Morgan fingerprint density at radius 2 is 0.842 bits per heavy atom. The zero-order valence-corrected chi connectivity index (χ0v) is 51.1. The molecule has 0 aromatic heterocycles. The van der Waals surface area contributed by atoms with Crippen LogP contribution >= 0.6 is 7.82 Å². The number of carbonyl (C=O) groups is 2. The highest BCUT2D eigenvalue weighted by Gasteiger charge is 2.27. The average Bonchev–Trinajstić information content (AvgIpc) is 3.38. The summed E-state index contributed by atoms with van der Waals surface area (Å²) >= 11 is 0. The van der Waals surface area contributed by atoms with E-state index in [0.29, 0.717) is 17.4 Å². The monoisotopic (exact) mass is 1080 g/mol. The summed E-state index contributed by atoms with van der Waals surface area (Å²) in [5, 5.41) is 3.02. The molecule has 1 N–H and O–H groups in total. The van der Waals surface area contributed by atoms with Crippen LogP contribution in [-0.4, -0.2) is 69.4 Å². The number of nitrogens with zero attached hydrogens (tertiary/aromatic N) is 1. The molecule has 0 aliphatic heterocycles. The van der Waals surface area contributed by atoms with E-state index in [1.807, 2.05) is 33.3 Å². The van der Waals surface area contributed by atoms with Gasteiger partial charge in [0, 0.05) is 12.8 Å². The van der Waals surface area contributed by atoms with Crippen LogP contribution in [0.25, 0.3) is 0 Å². The molecule has 3 atom stereocenters. The molecule has 0 spiro atoms. The molecule has 0 saturated heterocycles. The molecule has 0 aliphatic carbocycles. The first-order chi connectivity index (χ1) is 36.9. The van der Waals surface area contributed by atoms with Crippen molar-refractivity contribution in [3.8, 4) is 0 Å². The highest BCUT2D eigenvalue weighted by Crippen LogP contribution is 2.38. The minimum absolute atomic E-state index is 0.0293. The Morgan fingerprint density at radius 1 is 0.474 bits per heavy atom. The lowest BCUT2D eigenvalue weighted by molar-refractivity contribution is -0.870. The summed E-state index contributed by atoms with van der Waals surface area (Å²) in [4.78, 5) is 40.0. The normalized spacial score (nSPS) is 14.2. The highest BCUT2D eigenvalue weighted by molar-refractivity contribution is 7.45. The molecular formula is C66H119N2O7P. The number of hydrogen-bond donors (Lipinski definition) is 1. The van der Waals surface area contributed by atoms with Crippen LogP contribution in [0.5, 0.6) is 0 Å². The van der Waals surface area contributed by atoms with Gasteiger partial charge in [-0.15, -0.1) is 0 Å². The van der Waals surface area contributed by atoms with Gasteiger partial charge < -0.3 is 28.5 Å². The van der Waals surface area contributed by atoms with Crippen LogP contribution in [0.1, 0.15) is 271 Å². The van der Waals surface area contributed by atoms with Crippen molar-refractivity contribution in [2.75, 3.05) is 40.9 Å². The molecular weight excluding hydrogens is 964 g/mol. The third-order valence-electron chi connectivity index (χ3n) is 13.6. The van der Waals surface area contributed by atoms with Gasteiger partial charge in [-0.05, 0) is 102 Å². The molecule has 0 aromatic carbocycles. The first-order valence-corrected chi connectivity index (χ1v) is 32.9. The molecule has 0 saturated carbocycles. The van der Waals surface area contributed by atoms with Crippen molar-refractivity contribution in [3.63, 3.8) is 0 Å². The Labute approximate surface area is 469 Å². The zero-order valence-electron chi connectivity index (χ0n) is 50.2. The smallest absolute Gasteiger partial charge is 0.306 e. The molecule has 440 valence electrons. The van der Waals surface area contributed by atoms with Crippen molar-refractivity contribution in [2.45, 2.75) is 283 Å². The van der Waals surface area contributed by atoms with Gasteiger partial charge in [0.1, 0.15) is 19.3 Å². The second-order valence-corrected chi connectivity index (χ2v) is 23.6. The molecule has 0 heterocycles. The number of phosphoric acid groups is 1. The minimum Gasteiger partial charge on any atom is -0.756 e. The van der Waals surface area contributed by atoms with E-state index in [1.54, 1.807) is 0 Å². The van der Waals surface area contributed by atoms with Crippen LogP contribution < -0.4 is 10.2 Å². The molecule has 0 aromatic rings. The van der Waals surface area contributed by atoms with Gasteiger partial charge in [-0.1, -0.05) is 241 Å². The predicted octanol–water partition coefficient (Wildman–Crippen LogP) is 18.8. The fourth-order valence-electron chi connectivity index (χ4n) is 8.72. The Balaban J connectivity index is 5.25. The number of nitrogens with one attached hydrogen (secondary N) is 1. The largest absolute Gasteiger partial charge is 0.756 e. The number of hydrogen-bond acceptors (Lipinski definition) is 7. The number of likely N-dealkylation sites (N-methyl/N-ethyl adjacent to an activating group) is 1. The van der Waals surface area contributed by atoms with E-state index in [9.17, 15) is 19.0 Å². The molecule has 0 radical (unpaired) electrons. The van der Waals surface area contributed by atoms with Gasteiger partial charge >= 0.3 is 5.97 Å². The van der Waals surface area contributed by atoms with Crippen molar-refractivity contribution >= 4 is 19.7 Å². The molecule has 0 rings (SSSR count). The van der Waals surface area contributed by atoms with Crippen LogP contribution in [0.2, 0.25) is 0 Å². The number of esters is 1. The van der Waals surface area contributed by atoms with Gasteiger partial charge in [0.05, 0.1) is 33.8 Å². The SMILES string of the molecule is CC/C=C/C/C=C/CCCCCCCCCC(=O)OC(/C=C\CCCCCCCCCCCCC)C(COP(=O)([O-])OCC[N+](C)(C)C)NC(=O)CCCCCCCCC/C=C\C/C=C\C/C=C\C/C=C\CCCCC. The number of quaternary nitrogens is 1. The Bertz CT molecular complexity index is 1580. The van der Waals surface area contributed by atoms with Crippen LogP contribution in [0.4, 0.5) is 0 Å². The maximum atomic E-state index is 13.5. The van der Waals surface area contributed by atoms with Crippen LogP contribution in [0, 0.1) is 0 Å². The standard InChI is InChI=1S/C66H119N2O7P/c1-7-10-13-16-19-22-25-28-30-31-32-33-34-35-36-37-38-40-43-46-49-52-55-58-65(69)67-63(62-74-76(71,72)73-61-60-68(4,5)6)64(57-54-51-48-45-42-39-27-24-21-18-15-12-9-3)75-66(70)59-56-53-50-47-44-41-29-26-23-20-17-14-11-8-2/h11,14,19-20,22-23,28,30,32-33,35-36,54,57,63-64H,7-10,12-13,15-18,21,24-27,29,31,34,37-53,55-56,58-62H2,1-6H3,(H-,67,69,71,72)/b14-11+,22-19-,23-20+,30-28-,33-32-,36-35-,57-54-. The zero-order chi connectivity index (χ0) is 55.7. The highest BCUT2D eigenvalue weighted by atomic mass is 31.2. The van der Waals surface area contributed by atoms with E-state index in [-0.39, 0.29) is 24.9 Å². The van der Waals surface area contributed by atoms with E-state index in [0.717, 1.165) is 116 Å². The number of unbranched alkanes of at least 4 members (excludes halogenated alkanes) is 28. The summed E-state index contributed by atoms with van der Waals surface area (Å²) in [7, 11) is 1.16. The van der Waals surface area contributed by atoms with Crippen LogP contribution in [0.15, 0.2) is 85.1 Å². The van der Waals surface area contributed by atoms with Crippen molar-refractivity contribution < 1.29 is 37.3 Å². The van der Waals surface area contributed by atoms with Gasteiger partial charge in [-0.25, -0.2) is 0 Å². The fraction of sp³-hybridized carbons (Fsp3) is 0.758. The molecule has 0 fully saturated rings. The number of allylic oxidation sites excluding steroid dienone is 13. The molecule has 9 nitrogen and oxygen atoms in total. The van der Waals surface area contributed by atoms with Gasteiger partial charge in [-0.2, -0.15) is 0 Å². The van der Waals surface area contributed by atoms with Gasteiger partial charge in [0.25, 0.3) is 7.82 Å². The average molecular weight is 1080 g/mol. The molecule has 3 unspecified atom stereocenters. The Morgan fingerprint density at radius 3 is 1.29 bits per heavy atom. The van der Waals surface area contributed by atoms with Crippen molar-refractivity contribution in [1.82, 2.24) is 5.32 Å². The maximum absolute atomic E-state index is 13.5. The molecule has 76 heavy (non-hydrogen) atoms. The maximum Gasteiger partial charge on any atom is 0.306 e. The minimum atomic E-state index is -4.71. The summed E-state index contributed by atoms with van der Waals surface area (Å²) < 4.78 is 30.3. The van der Waals surface area contributed by atoms with Gasteiger partial charge in [0.15, 0.2) is 0 Å². The quantitative estimate of drug-likeness (QED) is 0.0212. The summed E-state index contributed by atoms with van der Waals surface area (Å²) in [6.45, 7) is 6.70. The molecule has 0 aliphatic rings. The van der Waals surface area contributed by atoms with Crippen molar-refractivity contribution in [3.05, 3.63) is 85.1 Å². The second-order valence-electron chi connectivity index (χ2n) is 22.2. The lowest BCUT2D eigenvalue weighted by atomic mass is 10.0. The summed E-state index contributed by atoms with van der Waals surface area (Å²) in [5.41, 5.74) is 0. The number of amides is 1. The molecule has 1 amide bonds. The number of phosphoric ester groups is 1. The first kappa shape index (κ1) is 73.2. The third kappa shape index (κ3) is 55.9. The lowest BCUT2D eigenvalue weighted by Gasteiger charge is -2.30. The van der Waals surface area contributed by atoms with E-state index in [1.165, 1.54) is 122 Å². The predicted molar refractivity (Wildman–Crippen MR) is 325 cm³/mol. The van der Waals surface area contributed by atoms with E-state index in [4.69, 9.17) is 13.8 Å². The van der Waals surface area contributed by atoms with Crippen molar-refractivity contribution in [1.29, 1.82) is 0 Å². The molecule has 10 heteroatoms. The first-order valence-electron chi connectivity index (χ1n) is 31.4. The number of rotatable bonds is 56. The van der Waals surface area contributed by atoms with Crippen molar-refractivity contribution in [2.24, 2.45) is 0 Å². The lowest BCUT2D eigenvalue weighted by Crippen LogP contribution is -2.47. The third-order valence-corrected chi connectivity index (χ3v) is 14.5. The number of carbonyl (C=O) groups excluding carboxylic acids is 2. The van der Waals surface area contributed by atoms with E-state index >= 15 is 0 Å².